The molecule has 0 aromatic heterocycles. The summed E-state index contributed by atoms with van der Waals surface area (Å²) in [6, 6.07) is 11.6. The summed E-state index contributed by atoms with van der Waals surface area (Å²) in [4.78, 5) is 12.8. The van der Waals surface area contributed by atoms with Gasteiger partial charge in [-0.1, -0.05) is 42.3 Å². The fraction of sp³-hybridized carbons (Fsp3) is 0.350. The number of nitrogens with zero attached hydrogens (tertiary/aromatic N) is 1. The summed E-state index contributed by atoms with van der Waals surface area (Å²) in [7, 11) is -3.52. The van der Waals surface area contributed by atoms with Crippen LogP contribution in [0.5, 0.6) is 0 Å². The number of amides is 1. The molecule has 1 aliphatic heterocycles. The molecule has 1 aliphatic rings. The second kappa shape index (κ2) is 8.82. The molecule has 0 radical (unpaired) electrons. The first kappa shape index (κ1) is 21.1. The molecule has 3 rings (SSSR count). The van der Waals surface area contributed by atoms with E-state index in [1.807, 2.05) is 19.1 Å². The normalized spacial score (nSPS) is 16.1. The Balaban J connectivity index is 1.62. The highest BCUT2D eigenvalue weighted by atomic mass is 35.5. The van der Waals surface area contributed by atoms with Gasteiger partial charge in [0.2, 0.25) is 10.0 Å². The van der Waals surface area contributed by atoms with E-state index in [-0.39, 0.29) is 11.9 Å². The lowest BCUT2D eigenvalue weighted by atomic mass is 10.1. The highest BCUT2D eigenvalue weighted by Gasteiger charge is 2.30. The lowest BCUT2D eigenvalue weighted by Crippen LogP contribution is -2.46. The molecule has 0 atom stereocenters. The van der Waals surface area contributed by atoms with E-state index < -0.39 is 10.0 Å². The van der Waals surface area contributed by atoms with Gasteiger partial charge in [0, 0.05) is 24.2 Å². The quantitative estimate of drug-likeness (QED) is 0.759. The number of halogens is 2. The number of hydrogen-bond donors (Lipinski definition) is 1. The largest absolute Gasteiger partial charge is 0.349 e. The van der Waals surface area contributed by atoms with Gasteiger partial charge in [0.15, 0.2) is 0 Å². The number of rotatable bonds is 5. The summed E-state index contributed by atoms with van der Waals surface area (Å²) in [5.41, 5.74) is 1.42. The zero-order valence-electron chi connectivity index (χ0n) is 15.5. The summed E-state index contributed by atoms with van der Waals surface area (Å²) < 4.78 is 27.1. The van der Waals surface area contributed by atoms with Gasteiger partial charge in [-0.25, -0.2) is 8.42 Å². The number of carbonyl (C=O) groups excluding carboxylic acids is 1. The van der Waals surface area contributed by atoms with E-state index in [9.17, 15) is 13.2 Å². The molecule has 28 heavy (non-hydrogen) atoms. The van der Waals surface area contributed by atoms with Crippen LogP contribution in [0.15, 0.2) is 47.4 Å². The zero-order valence-corrected chi connectivity index (χ0v) is 17.8. The number of hydrogen-bond acceptors (Lipinski definition) is 3. The summed E-state index contributed by atoms with van der Waals surface area (Å²) in [6.45, 7) is 2.73. The van der Waals surface area contributed by atoms with Crippen LogP contribution in [0, 0.1) is 0 Å². The molecule has 2 aromatic rings. The van der Waals surface area contributed by atoms with Gasteiger partial charge in [-0.2, -0.15) is 4.31 Å². The van der Waals surface area contributed by atoms with Crippen LogP contribution in [0.3, 0.4) is 0 Å². The first-order chi connectivity index (χ1) is 13.3. The van der Waals surface area contributed by atoms with Crippen molar-refractivity contribution >= 4 is 39.1 Å². The van der Waals surface area contributed by atoms with Crippen LogP contribution < -0.4 is 5.32 Å². The molecule has 1 amide bonds. The summed E-state index contributed by atoms with van der Waals surface area (Å²) in [5, 5.41) is 3.69. The topological polar surface area (TPSA) is 66.5 Å². The second-order valence-corrected chi connectivity index (χ2v) is 9.56. The van der Waals surface area contributed by atoms with Gasteiger partial charge in [-0.15, -0.1) is 0 Å². The van der Waals surface area contributed by atoms with Crippen LogP contribution in [0.2, 0.25) is 10.0 Å². The third-order valence-corrected chi connectivity index (χ3v) is 7.41. The molecule has 150 valence electrons. The lowest BCUT2D eigenvalue weighted by Gasteiger charge is -2.31. The maximum atomic E-state index is 12.8. The SMILES string of the molecule is CCc1ccc(S(=O)(=O)N2CCC(NC(=O)c3cc(Cl)ccc3Cl)CC2)cc1. The van der Waals surface area contributed by atoms with Gasteiger partial charge in [-0.05, 0) is 55.2 Å². The van der Waals surface area contributed by atoms with Crippen LogP contribution in [-0.2, 0) is 16.4 Å². The minimum absolute atomic E-state index is 0.114. The summed E-state index contributed by atoms with van der Waals surface area (Å²) in [5.74, 6) is -0.302. The molecule has 1 fully saturated rings. The van der Waals surface area contributed by atoms with Gasteiger partial charge >= 0.3 is 0 Å². The standard InChI is InChI=1S/C20H22Cl2N2O3S/c1-2-14-3-6-17(7-4-14)28(26,27)24-11-9-16(10-12-24)23-20(25)18-13-15(21)5-8-19(18)22/h3-8,13,16H,2,9-12H2,1H3,(H,23,25). The lowest BCUT2D eigenvalue weighted by molar-refractivity contribution is 0.0924. The molecule has 5 nitrogen and oxygen atoms in total. The average Bonchev–Trinajstić information content (AvgIpc) is 2.70. The van der Waals surface area contributed by atoms with Gasteiger partial charge in [0.1, 0.15) is 0 Å². The Morgan fingerprint density at radius 3 is 2.36 bits per heavy atom. The molecular formula is C20H22Cl2N2O3S. The molecule has 1 N–H and O–H groups in total. The average molecular weight is 441 g/mol. The van der Waals surface area contributed by atoms with Crippen LogP contribution >= 0.6 is 23.2 Å². The second-order valence-electron chi connectivity index (χ2n) is 6.77. The molecule has 8 heteroatoms. The monoisotopic (exact) mass is 440 g/mol. The van der Waals surface area contributed by atoms with Crippen molar-refractivity contribution in [1.82, 2.24) is 9.62 Å². The minimum Gasteiger partial charge on any atom is -0.349 e. The van der Waals surface area contributed by atoms with Crippen LogP contribution in [0.1, 0.15) is 35.7 Å². The number of nitrogens with one attached hydrogen (secondary N) is 1. The van der Waals surface area contributed by atoms with Crippen molar-refractivity contribution in [1.29, 1.82) is 0 Å². The molecule has 0 bridgehead atoms. The Morgan fingerprint density at radius 2 is 1.75 bits per heavy atom. The number of benzene rings is 2. The van der Waals surface area contributed by atoms with Crippen molar-refractivity contribution in [2.45, 2.75) is 37.1 Å². The highest BCUT2D eigenvalue weighted by molar-refractivity contribution is 7.89. The molecule has 0 aliphatic carbocycles. The van der Waals surface area contributed by atoms with Crippen molar-refractivity contribution in [3.63, 3.8) is 0 Å². The third kappa shape index (κ3) is 4.69. The van der Waals surface area contributed by atoms with Crippen LogP contribution in [-0.4, -0.2) is 37.8 Å². The predicted molar refractivity (Wildman–Crippen MR) is 112 cm³/mol. The van der Waals surface area contributed by atoms with Crippen LogP contribution in [0.25, 0.3) is 0 Å². The Bertz CT molecular complexity index is 954. The Morgan fingerprint density at radius 1 is 1.11 bits per heavy atom. The number of piperidine rings is 1. The number of sulfonamides is 1. The molecule has 0 saturated carbocycles. The fourth-order valence-corrected chi connectivity index (χ4v) is 5.07. The number of aryl methyl sites for hydroxylation is 1. The van der Waals surface area contributed by atoms with Crippen molar-refractivity contribution in [3.05, 3.63) is 63.6 Å². The molecule has 2 aromatic carbocycles. The van der Waals surface area contributed by atoms with Crippen molar-refractivity contribution < 1.29 is 13.2 Å². The third-order valence-electron chi connectivity index (χ3n) is 4.93. The molecule has 0 unspecified atom stereocenters. The molecule has 1 saturated heterocycles. The number of carbonyl (C=O) groups is 1. The molecule has 0 spiro atoms. The van der Waals surface area contributed by atoms with Crippen molar-refractivity contribution in [2.24, 2.45) is 0 Å². The zero-order chi connectivity index (χ0) is 20.3. The van der Waals surface area contributed by atoms with E-state index in [2.05, 4.69) is 5.32 Å². The highest BCUT2D eigenvalue weighted by Crippen LogP contribution is 2.23. The smallest absolute Gasteiger partial charge is 0.253 e. The van der Waals surface area contributed by atoms with Crippen LogP contribution in [0.4, 0.5) is 0 Å². The molecule has 1 heterocycles. The van der Waals surface area contributed by atoms with Gasteiger partial charge in [-0.3, -0.25) is 4.79 Å². The fourth-order valence-electron chi connectivity index (χ4n) is 3.22. The van der Waals surface area contributed by atoms with E-state index >= 15 is 0 Å². The minimum atomic E-state index is -3.52. The Labute approximate surface area is 175 Å². The van der Waals surface area contributed by atoms with Gasteiger partial charge < -0.3 is 5.32 Å². The van der Waals surface area contributed by atoms with Gasteiger partial charge in [0.25, 0.3) is 5.91 Å². The van der Waals surface area contributed by atoms with E-state index in [0.717, 1.165) is 12.0 Å². The Kier molecular flexibility index (Phi) is 6.65. The maximum Gasteiger partial charge on any atom is 0.253 e. The van der Waals surface area contributed by atoms with E-state index in [4.69, 9.17) is 23.2 Å². The van der Waals surface area contributed by atoms with Gasteiger partial charge in [0.05, 0.1) is 15.5 Å². The van der Waals surface area contributed by atoms with Crippen molar-refractivity contribution in [2.75, 3.05) is 13.1 Å². The first-order valence-corrected chi connectivity index (χ1v) is 11.4. The predicted octanol–water partition coefficient (Wildman–Crippen LogP) is 4.14. The van der Waals surface area contributed by atoms with E-state index in [1.165, 1.54) is 10.4 Å². The Hall–Kier alpha value is -1.60. The maximum absolute atomic E-state index is 12.8. The summed E-state index contributed by atoms with van der Waals surface area (Å²) in [6.07, 6.45) is 1.94. The molecular weight excluding hydrogens is 419 g/mol. The first-order valence-electron chi connectivity index (χ1n) is 9.16. The summed E-state index contributed by atoms with van der Waals surface area (Å²) >= 11 is 12.0. The van der Waals surface area contributed by atoms with E-state index in [0.29, 0.717) is 46.4 Å². The van der Waals surface area contributed by atoms with Crippen molar-refractivity contribution in [3.8, 4) is 0 Å². The van der Waals surface area contributed by atoms with E-state index in [1.54, 1.807) is 24.3 Å².